The van der Waals surface area contributed by atoms with E-state index in [9.17, 15) is 18.0 Å². The summed E-state index contributed by atoms with van der Waals surface area (Å²) < 4.78 is 65.8. The highest BCUT2D eigenvalue weighted by molar-refractivity contribution is 5.84. The molecule has 8 heteroatoms. The average molecular weight is 614 g/mol. The molecule has 3 aliphatic rings. The van der Waals surface area contributed by atoms with Gasteiger partial charge in [-0.2, -0.15) is 13.2 Å². The molecule has 238 valence electrons. The van der Waals surface area contributed by atoms with Crippen LogP contribution in [0.2, 0.25) is 0 Å². The molecular weight excluding hydrogens is 570 g/mol. The van der Waals surface area contributed by atoms with Gasteiger partial charge in [-0.15, -0.1) is 0 Å². The quantitative estimate of drug-likeness (QED) is 0.146. The van der Waals surface area contributed by atoms with Crippen molar-refractivity contribution in [2.45, 2.75) is 77.9 Å². The number of hydrogen-bond acceptors (Lipinski definition) is 4. The molecule has 0 bridgehead atoms. The second-order valence-corrected chi connectivity index (χ2v) is 12.5. The molecule has 1 atom stereocenters. The first-order valence-electron chi connectivity index (χ1n) is 15.2. The zero-order valence-corrected chi connectivity index (χ0v) is 26.1. The predicted octanol–water partition coefficient (Wildman–Crippen LogP) is 8.72. The number of nitrogens with one attached hydrogen (secondary N) is 1. The van der Waals surface area contributed by atoms with Gasteiger partial charge in [0.1, 0.15) is 22.8 Å². The van der Waals surface area contributed by atoms with Crippen molar-refractivity contribution in [1.29, 1.82) is 0 Å². The first kappa shape index (κ1) is 33.5. The van der Waals surface area contributed by atoms with Crippen molar-refractivity contribution in [2.75, 3.05) is 20.3 Å². The van der Waals surface area contributed by atoms with E-state index in [2.05, 4.69) is 37.0 Å². The molecule has 1 fully saturated rings. The number of carbonyl (C=O) groups excluding carboxylic acids is 1. The maximum atomic E-state index is 15.1. The lowest BCUT2D eigenvalue weighted by atomic mass is 9.85. The summed E-state index contributed by atoms with van der Waals surface area (Å²) in [5, 5.41) is 3.45. The van der Waals surface area contributed by atoms with E-state index < -0.39 is 17.4 Å². The molecule has 0 amide bonds. The van der Waals surface area contributed by atoms with Crippen LogP contribution in [0.15, 0.2) is 83.3 Å². The Morgan fingerprint density at radius 1 is 1.18 bits per heavy atom. The van der Waals surface area contributed by atoms with Gasteiger partial charge in [-0.1, -0.05) is 30.9 Å². The van der Waals surface area contributed by atoms with Crippen LogP contribution in [0.25, 0.3) is 5.57 Å². The maximum absolute atomic E-state index is 15.1. The van der Waals surface area contributed by atoms with E-state index >= 15 is 4.39 Å². The third-order valence-corrected chi connectivity index (χ3v) is 8.83. The number of alkyl halides is 3. The van der Waals surface area contributed by atoms with Crippen LogP contribution >= 0.6 is 0 Å². The molecule has 2 aliphatic heterocycles. The number of Topliss-reactive ketones (excluding diaryl/α,β-unsaturated/α-hetero) is 1. The number of hydrogen-bond donors (Lipinski definition) is 1. The fourth-order valence-corrected chi connectivity index (χ4v) is 5.87. The fraction of sp³-hybridized carbons (Fsp3) is 0.472. The smallest absolute Gasteiger partial charge is 0.400 e. The van der Waals surface area contributed by atoms with Crippen LogP contribution in [0, 0.1) is 17.2 Å². The SMILES string of the molecule is C=C(/C=C(\OC)C(C)(C)C(F)(F)F)CC(=O)Cc1ccc(C2=CNC3C=C(CCCC4CCOCC4)C(C)=CC3=C2)cc1F. The predicted molar refractivity (Wildman–Crippen MR) is 166 cm³/mol. The van der Waals surface area contributed by atoms with Crippen LogP contribution in [-0.4, -0.2) is 38.3 Å². The standard InChI is InChI=1S/C36H43F4NO3/c1-23(16-34(43-5)35(3,4)36(38,39)40)15-31(42)19-28-10-9-27(20-32(28)37)30-18-29-17-24(2)26(21-33(29)41-22-30)8-6-7-25-11-13-44-14-12-25/h9-10,16-18,20-22,25,33,41H,1,6-8,11-15,19H2,2-5H3/b34-16-. The number of allylic oxidation sites excluding steroid dienone is 7. The minimum atomic E-state index is -4.54. The Bertz CT molecular complexity index is 1400. The van der Waals surface area contributed by atoms with Crippen LogP contribution in [0.1, 0.15) is 70.4 Å². The van der Waals surface area contributed by atoms with Gasteiger partial charge < -0.3 is 14.8 Å². The summed E-state index contributed by atoms with van der Waals surface area (Å²) in [6.07, 6.45) is 10.4. The molecule has 44 heavy (non-hydrogen) atoms. The van der Waals surface area contributed by atoms with Gasteiger partial charge in [-0.25, -0.2) is 4.39 Å². The van der Waals surface area contributed by atoms with Crippen molar-refractivity contribution in [3.05, 3.63) is 100 Å². The summed E-state index contributed by atoms with van der Waals surface area (Å²) in [7, 11) is 1.15. The summed E-state index contributed by atoms with van der Waals surface area (Å²) in [4.78, 5) is 12.7. The largest absolute Gasteiger partial charge is 0.500 e. The van der Waals surface area contributed by atoms with E-state index in [1.54, 1.807) is 12.1 Å². The van der Waals surface area contributed by atoms with Gasteiger partial charge in [0.15, 0.2) is 0 Å². The molecule has 4 rings (SSSR count). The molecule has 2 heterocycles. The van der Waals surface area contributed by atoms with Crippen LogP contribution in [0.4, 0.5) is 17.6 Å². The minimum absolute atomic E-state index is 0.0738. The number of rotatable bonds is 12. The van der Waals surface area contributed by atoms with Gasteiger partial charge in [0.2, 0.25) is 0 Å². The van der Waals surface area contributed by atoms with Crippen LogP contribution in [0.3, 0.4) is 0 Å². The maximum Gasteiger partial charge on any atom is 0.400 e. The Kier molecular flexibility index (Phi) is 10.8. The number of ether oxygens (including phenoxy) is 2. The molecule has 1 aromatic rings. The summed E-state index contributed by atoms with van der Waals surface area (Å²) in [6.45, 7) is 9.62. The van der Waals surface area contributed by atoms with Crippen molar-refractivity contribution < 1.29 is 31.8 Å². The van der Waals surface area contributed by atoms with Crippen molar-refractivity contribution in [3.63, 3.8) is 0 Å². The van der Waals surface area contributed by atoms with Gasteiger partial charge in [-0.3, -0.25) is 4.79 Å². The molecule has 1 aromatic carbocycles. The van der Waals surface area contributed by atoms with Gasteiger partial charge in [0.05, 0.1) is 13.2 Å². The van der Waals surface area contributed by atoms with Crippen LogP contribution in [0.5, 0.6) is 0 Å². The van der Waals surface area contributed by atoms with Crippen molar-refractivity contribution >= 4 is 11.4 Å². The normalized spacial score (nSPS) is 19.6. The van der Waals surface area contributed by atoms with Gasteiger partial charge in [-0.05, 0) is 116 Å². The average Bonchev–Trinajstić information content (AvgIpc) is 2.96. The number of methoxy groups -OCH3 is 1. The lowest BCUT2D eigenvalue weighted by Gasteiger charge is -2.29. The third kappa shape index (κ3) is 8.20. The van der Waals surface area contributed by atoms with Crippen molar-refractivity contribution in [3.8, 4) is 0 Å². The molecular formula is C36H43F4NO3. The highest BCUT2D eigenvalue weighted by atomic mass is 19.4. The van der Waals surface area contributed by atoms with E-state index in [4.69, 9.17) is 9.47 Å². The molecule has 1 N–H and O–H groups in total. The first-order valence-corrected chi connectivity index (χ1v) is 15.2. The first-order chi connectivity index (χ1) is 20.8. The summed E-state index contributed by atoms with van der Waals surface area (Å²) in [6, 6.07) is 4.84. The molecule has 0 radical (unpaired) electrons. The Balaban J connectivity index is 1.35. The van der Waals surface area contributed by atoms with E-state index in [1.807, 2.05) is 6.20 Å². The third-order valence-electron chi connectivity index (χ3n) is 8.83. The minimum Gasteiger partial charge on any atom is -0.500 e. The number of ketones is 1. The molecule has 1 aliphatic carbocycles. The number of dihydropyridines is 1. The van der Waals surface area contributed by atoms with Crippen LogP contribution in [-0.2, 0) is 20.7 Å². The molecule has 1 unspecified atom stereocenters. The Morgan fingerprint density at radius 2 is 1.91 bits per heavy atom. The second-order valence-electron chi connectivity index (χ2n) is 12.5. The zero-order valence-electron chi connectivity index (χ0n) is 26.1. The van der Waals surface area contributed by atoms with Gasteiger partial charge in [0, 0.05) is 32.3 Å². The molecule has 0 spiro atoms. The molecule has 1 saturated heterocycles. The van der Waals surface area contributed by atoms with E-state index in [0.717, 1.165) is 83.0 Å². The van der Waals surface area contributed by atoms with Gasteiger partial charge in [0.25, 0.3) is 0 Å². The number of benzene rings is 1. The highest BCUT2D eigenvalue weighted by Gasteiger charge is 2.51. The molecule has 4 nitrogen and oxygen atoms in total. The van der Waals surface area contributed by atoms with Crippen molar-refractivity contribution in [2.24, 2.45) is 11.3 Å². The summed E-state index contributed by atoms with van der Waals surface area (Å²) >= 11 is 0. The Labute approximate surface area is 258 Å². The lowest BCUT2D eigenvalue weighted by molar-refractivity contribution is -0.208. The monoisotopic (exact) mass is 613 g/mol. The van der Waals surface area contributed by atoms with Crippen LogP contribution < -0.4 is 5.32 Å². The number of carbonyl (C=O) groups is 1. The zero-order chi connectivity index (χ0) is 32.1. The van der Waals surface area contributed by atoms with Gasteiger partial charge >= 0.3 is 6.18 Å². The highest BCUT2D eigenvalue weighted by Crippen LogP contribution is 2.44. The van der Waals surface area contributed by atoms with Crippen molar-refractivity contribution in [1.82, 2.24) is 5.32 Å². The van der Waals surface area contributed by atoms with E-state index in [-0.39, 0.29) is 41.6 Å². The number of fused-ring (bicyclic) bond motifs is 1. The Morgan fingerprint density at radius 3 is 2.57 bits per heavy atom. The lowest BCUT2D eigenvalue weighted by Crippen LogP contribution is -2.34. The van der Waals surface area contributed by atoms with E-state index in [0.29, 0.717) is 5.56 Å². The molecule has 0 saturated carbocycles. The fourth-order valence-electron chi connectivity index (χ4n) is 5.87. The number of halogens is 4. The Hall–Kier alpha value is -3.39. The topological polar surface area (TPSA) is 47.6 Å². The van der Waals surface area contributed by atoms with E-state index in [1.165, 1.54) is 23.6 Å². The summed E-state index contributed by atoms with van der Waals surface area (Å²) in [5.74, 6) is -0.457. The molecule has 0 aromatic heterocycles. The summed E-state index contributed by atoms with van der Waals surface area (Å²) in [5.41, 5.74) is 3.38. The second kappa shape index (κ2) is 14.1.